The Kier molecular flexibility index (Phi) is 8.54. The molecular weight excluding hydrogens is 328 g/mol. The number of hydrogen-bond donors (Lipinski definition) is 1. The van der Waals surface area contributed by atoms with Crippen molar-refractivity contribution in [1.82, 2.24) is 20.0 Å². The van der Waals surface area contributed by atoms with E-state index in [4.69, 9.17) is 11.6 Å². The van der Waals surface area contributed by atoms with Crippen LogP contribution < -0.4 is 5.32 Å². The van der Waals surface area contributed by atoms with Crippen LogP contribution in [-0.4, -0.2) is 46.1 Å². The van der Waals surface area contributed by atoms with Crippen LogP contribution in [-0.2, 0) is 16.1 Å². The molecule has 0 aliphatic heterocycles. The second-order valence-electron chi connectivity index (χ2n) is 5.51. The molecule has 1 aromatic rings. The zero-order valence-corrected chi connectivity index (χ0v) is 15.7. The van der Waals surface area contributed by atoms with Gasteiger partial charge in [0.25, 0.3) is 0 Å². The number of nitrogens with one attached hydrogen (secondary N) is 1. The predicted octanol–water partition coefficient (Wildman–Crippen LogP) is 2.64. The highest BCUT2D eigenvalue weighted by Crippen LogP contribution is 2.21. The molecule has 0 aliphatic rings. The van der Waals surface area contributed by atoms with Crippen LogP contribution in [0.25, 0.3) is 6.08 Å². The standard InChI is InChI=1S/C17H27ClN4O2/c1-5-8-11-22-17(18)14(13(4)20-22)9-10-16(24)21(7-3)12-15(23)19-6-2/h9-10H,5-8,11-12H2,1-4H3,(H,19,23). The lowest BCUT2D eigenvalue weighted by Crippen LogP contribution is -2.39. The molecule has 134 valence electrons. The highest BCUT2D eigenvalue weighted by Gasteiger charge is 2.14. The summed E-state index contributed by atoms with van der Waals surface area (Å²) in [5.74, 6) is -0.386. The van der Waals surface area contributed by atoms with Gasteiger partial charge in [0.15, 0.2) is 0 Å². The number of aromatic nitrogens is 2. The maximum absolute atomic E-state index is 12.3. The first kappa shape index (κ1) is 20.2. The smallest absolute Gasteiger partial charge is 0.247 e. The summed E-state index contributed by atoms with van der Waals surface area (Å²) in [7, 11) is 0. The van der Waals surface area contributed by atoms with Gasteiger partial charge in [-0.3, -0.25) is 14.3 Å². The number of likely N-dealkylation sites (N-methyl/N-ethyl adjacent to an activating group) is 2. The normalized spacial score (nSPS) is 11.0. The minimum atomic E-state index is -0.222. The number of aryl methyl sites for hydroxylation is 2. The monoisotopic (exact) mass is 354 g/mol. The molecule has 0 bridgehead atoms. The molecule has 1 heterocycles. The molecule has 1 rings (SSSR count). The van der Waals surface area contributed by atoms with Crippen molar-refractivity contribution in [1.29, 1.82) is 0 Å². The molecular formula is C17H27ClN4O2. The maximum atomic E-state index is 12.3. The average molecular weight is 355 g/mol. The van der Waals surface area contributed by atoms with Crippen molar-refractivity contribution >= 4 is 29.5 Å². The maximum Gasteiger partial charge on any atom is 0.247 e. The average Bonchev–Trinajstić information content (AvgIpc) is 2.82. The fourth-order valence-corrected chi connectivity index (χ4v) is 2.57. The summed E-state index contributed by atoms with van der Waals surface area (Å²) in [4.78, 5) is 25.4. The first-order valence-corrected chi connectivity index (χ1v) is 8.78. The third-order valence-corrected chi connectivity index (χ3v) is 4.03. The highest BCUT2D eigenvalue weighted by molar-refractivity contribution is 6.31. The zero-order valence-electron chi connectivity index (χ0n) is 14.9. The van der Waals surface area contributed by atoms with E-state index < -0.39 is 0 Å². The van der Waals surface area contributed by atoms with Gasteiger partial charge >= 0.3 is 0 Å². The fraction of sp³-hybridized carbons (Fsp3) is 0.588. The van der Waals surface area contributed by atoms with Gasteiger partial charge in [0.1, 0.15) is 5.15 Å². The summed E-state index contributed by atoms with van der Waals surface area (Å²) in [5.41, 5.74) is 1.53. The molecule has 0 radical (unpaired) electrons. The summed E-state index contributed by atoms with van der Waals surface area (Å²) in [6.07, 6.45) is 5.18. The first-order chi connectivity index (χ1) is 11.4. The summed E-state index contributed by atoms with van der Waals surface area (Å²) in [5, 5.41) is 7.64. The molecule has 2 amide bonds. The van der Waals surface area contributed by atoms with Crippen molar-refractivity contribution in [3.63, 3.8) is 0 Å². The van der Waals surface area contributed by atoms with Gasteiger partial charge in [-0.15, -0.1) is 0 Å². The zero-order chi connectivity index (χ0) is 18.1. The van der Waals surface area contributed by atoms with Crippen LogP contribution in [0.4, 0.5) is 0 Å². The van der Waals surface area contributed by atoms with E-state index in [2.05, 4.69) is 17.3 Å². The molecule has 24 heavy (non-hydrogen) atoms. The Balaban J connectivity index is 2.81. The Bertz CT molecular complexity index is 596. The molecule has 0 atom stereocenters. The van der Waals surface area contributed by atoms with Gasteiger partial charge in [0, 0.05) is 31.3 Å². The number of rotatable bonds is 9. The minimum absolute atomic E-state index is 0.0516. The van der Waals surface area contributed by atoms with Gasteiger partial charge in [0.2, 0.25) is 11.8 Å². The highest BCUT2D eigenvalue weighted by atomic mass is 35.5. The van der Waals surface area contributed by atoms with Gasteiger partial charge in [-0.25, -0.2) is 0 Å². The van der Waals surface area contributed by atoms with Crippen LogP contribution in [0.15, 0.2) is 6.08 Å². The van der Waals surface area contributed by atoms with E-state index in [1.54, 1.807) is 10.8 Å². The van der Waals surface area contributed by atoms with E-state index in [1.165, 1.54) is 11.0 Å². The number of carbonyl (C=O) groups excluding carboxylic acids is 2. The first-order valence-electron chi connectivity index (χ1n) is 8.41. The third-order valence-electron chi connectivity index (χ3n) is 3.63. The molecule has 0 fully saturated rings. The number of amides is 2. The van der Waals surface area contributed by atoms with Crippen LogP contribution in [0, 0.1) is 6.92 Å². The Morgan fingerprint density at radius 3 is 2.62 bits per heavy atom. The van der Waals surface area contributed by atoms with Crippen molar-refractivity contribution in [2.45, 2.75) is 47.1 Å². The van der Waals surface area contributed by atoms with Gasteiger partial charge < -0.3 is 10.2 Å². The minimum Gasteiger partial charge on any atom is -0.355 e. The molecule has 0 saturated heterocycles. The van der Waals surface area contributed by atoms with Crippen LogP contribution in [0.1, 0.15) is 44.9 Å². The summed E-state index contributed by atoms with van der Waals surface area (Å²) in [6.45, 7) is 9.48. The van der Waals surface area contributed by atoms with E-state index in [-0.39, 0.29) is 18.4 Å². The molecule has 0 spiro atoms. The van der Waals surface area contributed by atoms with Crippen LogP contribution in [0.3, 0.4) is 0 Å². The molecule has 7 heteroatoms. The summed E-state index contributed by atoms with van der Waals surface area (Å²) >= 11 is 6.35. The second-order valence-corrected chi connectivity index (χ2v) is 5.86. The Morgan fingerprint density at radius 2 is 2.04 bits per heavy atom. The molecule has 0 aromatic carbocycles. The molecule has 1 N–H and O–H groups in total. The lowest BCUT2D eigenvalue weighted by molar-refractivity contribution is -0.132. The molecule has 0 saturated carbocycles. The SMILES string of the molecule is CCCCn1nc(C)c(C=CC(=O)N(CC)CC(=O)NCC)c1Cl. The van der Waals surface area contributed by atoms with Crippen molar-refractivity contribution < 1.29 is 9.59 Å². The van der Waals surface area contributed by atoms with E-state index in [1.807, 2.05) is 20.8 Å². The predicted molar refractivity (Wildman–Crippen MR) is 96.9 cm³/mol. The second kappa shape index (κ2) is 10.1. The topological polar surface area (TPSA) is 67.2 Å². The Labute approximate surface area is 148 Å². The number of hydrogen-bond acceptors (Lipinski definition) is 3. The van der Waals surface area contributed by atoms with Crippen LogP contribution in [0.2, 0.25) is 5.15 Å². The van der Waals surface area contributed by atoms with Crippen LogP contribution in [0.5, 0.6) is 0 Å². The molecule has 1 aromatic heterocycles. The molecule has 0 unspecified atom stereocenters. The van der Waals surface area contributed by atoms with E-state index in [0.717, 1.165) is 30.6 Å². The van der Waals surface area contributed by atoms with Gasteiger partial charge in [0.05, 0.1) is 12.2 Å². The Hall–Kier alpha value is -1.82. The number of nitrogens with zero attached hydrogens (tertiary/aromatic N) is 3. The number of unbranched alkanes of at least 4 members (excludes halogenated alkanes) is 1. The number of halogens is 1. The largest absolute Gasteiger partial charge is 0.355 e. The quantitative estimate of drug-likeness (QED) is 0.693. The van der Waals surface area contributed by atoms with E-state index in [0.29, 0.717) is 18.2 Å². The van der Waals surface area contributed by atoms with Gasteiger partial charge in [-0.05, 0) is 33.3 Å². The van der Waals surface area contributed by atoms with Crippen molar-refractivity contribution in [2.24, 2.45) is 0 Å². The van der Waals surface area contributed by atoms with E-state index >= 15 is 0 Å². The number of carbonyl (C=O) groups is 2. The van der Waals surface area contributed by atoms with E-state index in [9.17, 15) is 9.59 Å². The summed E-state index contributed by atoms with van der Waals surface area (Å²) in [6, 6.07) is 0. The molecule has 0 aliphatic carbocycles. The van der Waals surface area contributed by atoms with Crippen molar-refractivity contribution in [3.05, 3.63) is 22.5 Å². The van der Waals surface area contributed by atoms with Gasteiger partial charge in [-0.2, -0.15) is 5.10 Å². The van der Waals surface area contributed by atoms with Crippen LogP contribution >= 0.6 is 11.6 Å². The summed E-state index contributed by atoms with van der Waals surface area (Å²) < 4.78 is 1.76. The fourth-order valence-electron chi connectivity index (χ4n) is 2.24. The molecule has 6 nitrogen and oxygen atoms in total. The van der Waals surface area contributed by atoms with Crippen molar-refractivity contribution in [3.8, 4) is 0 Å². The lowest BCUT2D eigenvalue weighted by atomic mass is 10.2. The Morgan fingerprint density at radius 1 is 1.33 bits per heavy atom. The lowest BCUT2D eigenvalue weighted by Gasteiger charge is -2.18. The van der Waals surface area contributed by atoms with Crippen molar-refractivity contribution in [2.75, 3.05) is 19.6 Å². The van der Waals surface area contributed by atoms with Gasteiger partial charge in [-0.1, -0.05) is 24.9 Å². The third kappa shape index (κ3) is 5.67.